The molecule has 0 amide bonds. The minimum absolute atomic E-state index is 0.0175. The van der Waals surface area contributed by atoms with Crippen LogP contribution in [0.4, 0.5) is 0 Å². The van der Waals surface area contributed by atoms with Crippen molar-refractivity contribution in [1.29, 1.82) is 0 Å². The predicted octanol–water partition coefficient (Wildman–Crippen LogP) is 2.26. The first-order chi connectivity index (χ1) is 20.8. The van der Waals surface area contributed by atoms with Crippen molar-refractivity contribution in [2.24, 2.45) is 0 Å². The van der Waals surface area contributed by atoms with E-state index < -0.39 is 70.0 Å². The predicted molar refractivity (Wildman–Crippen MR) is 147 cm³/mol. The molecule has 5 atom stereocenters. The van der Waals surface area contributed by atoms with E-state index in [-0.39, 0.29) is 16.9 Å². The second-order valence-electron chi connectivity index (χ2n) is 9.01. The van der Waals surface area contributed by atoms with Gasteiger partial charge in [-0.2, -0.15) is 16.8 Å². The normalized spacial score (nSPS) is 22.0. The van der Waals surface area contributed by atoms with Gasteiger partial charge in [0.1, 0.15) is 23.7 Å². The average Bonchev–Trinajstić information content (AvgIpc) is 2.99. The summed E-state index contributed by atoms with van der Waals surface area (Å²) in [6, 6.07) is 20.8. The molecule has 1 heterocycles. The molecule has 1 saturated heterocycles. The van der Waals surface area contributed by atoms with Gasteiger partial charge in [0.15, 0.2) is 6.10 Å². The molecule has 1 aliphatic heterocycles. The number of carbonyl (C=O) groups is 2. The summed E-state index contributed by atoms with van der Waals surface area (Å²) in [5, 5.41) is 0. The van der Waals surface area contributed by atoms with E-state index in [0.717, 1.165) is 0 Å². The first-order valence-electron chi connectivity index (χ1n) is 12.6. The summed E-state index contributed by atoms with van der Waals surface area (Å²) in [4.78, 5) is 26.4. The Morgan fingerprint density at radius 1 is 0.705 bits per heavy atom. The number of hydrogen-bond donors (Lipinski definition) is 2. The van der Waals surface area contributed by atoms with Crippen molar-refractivity contribution in [1.82, 2.24) is 0 Å². The van der Waals surface area contributed by atoms with Crippen LogP contribution in [-0.2, 0) is 43.4 Å². The largest absolute Gasteiger partial charge is 0.497 e. The van der Waals surface area contributed by atoms with E-state index in [1.807, 2.05) is 0 Å². The average molecular weight is 655 g/mol. The lowest BCUT2D eigenvalue weighted by atomic mass is 9.98. The smallest absolute Gasteiger partial charge is 0.397 e. The standard InChI is InChI=1S/C27H26O15S2/c1-36-19-12-14-20(15-13-19)38-27-24(41-26(29)18-10-6-3-7-11-18)23(40-25(28)17-8-4-2-5-9-17)22(42-44(33,34)35)21(39-27)16-37-43(30,31)32/h2-15,21-24,27H,16H2,1H3,(H,30,31,32)(H,33,34,35)/t21-,22-,23+,24-,27-/m1/s1. The maximum Gasteiger partial charge on any atom is 0.397 e. The molecule has 0 aromatic heterocycles. The highest BCUT2D eigenvalue weighted by Crippen LogP contribution is 2.33. The van der Waals surface area contributed by atoms with E-state index >= 15 is 0 Å². The highest BCUT2D eigenvalue weighted by atomic mass is 32.3. The molecule has 3 aromatic carbocycles. The van der Waals surface area contributed by atoms with Gasteiger partial charge < -0.3 is 23.7 Å². The monoisotopic (exact) mass is 654 g/mol. The summed E-state index contributed by atoms with van der Waals surface area (Å²) in [7, 11) is -9.06. The van der Waals surface area contributed by atoms with Crippen molar-refractivity contribution in [3.05, 3.63) is 96.1 Å². The second kappa shape index (κ2) is 14.1. The van der Waals surface area contributed by atoms with Crippen LogP contribution in [0.1, 0.15) is 20.7 Å². The molecule has 15 nitrogen and oxygen atoms in total. The second-order valence-corrected chi connectivity index (χ2v) is 11.1. The Hall–Kier alpha value is -4.10. The molecule has 236 valence electrons. The van der Waals surface area contributed by atoms with Crippen LogP contribution in [0.3, 0.4) is 0 Å². The van der Waals surface area contributed by atoms with Gasteiger partial charge in [-0.1, -0.05) is 36.4 Å². The Bertz CT molecular complexity index is 1630. The van der Waals surface area contributed by atoms with Crippen LogP contribution in [0.15, 0.2) is 84.9 Å². The maximum atomic E-state index is 13.2. The minimum Gasteiger partial charge on any atom is -0.497 e. The Labute approximate surface area is 252 Å². The Morgan fingerprint density at radius 2 is 1.20 bits per heavy atom. The van der Waals surface area contributed by atoms with Gasteiger partial charge in [0, 0.05) is 0 Å². The first-order valence-corrected chi connectivity index (χ1v) is 15.3. The van der Waals surface area contributed by atoms with E-state index in [0.29, 0.717) is 5.75 Å². The van der Waals surface area contributed by atoms with Gasteiger partial charge in [-0.05, 0) is 48.5 Å². The Balaban J connectivity index is 1.80. The molecule has 2 N–H and O–H groups in total. The number of carbonyl (C=O) groups excluding carboxylic acids is 2. The third-order valence-corrected chi connectivity index (χ3v) is 6.92. The number of hydrogen-bond acceptors (Lipinski definition) is 13. The van der Waals surface area contributed by atoms with Gasteiger partial charge in [-0.25, -0.2) is 18.0 Å². The Kier molecular flexibility index (Phi) is 10.5. The SMILES string of the molecule is COc1ccc(O[C@@H]2O[C@H](COS(=O)(=O)O)[C@@H](OS(=O)(=O)O)[C@H](OC(=O)c3ccccc3)[C@H]2OC(=O)c2ccccc2)cc1. The van der Waals surface area contributed by atoms with E-state index in [1.165, 1.54) is 67.8 Å². The molecule has 1 aliphatic rings. The minimum atomic E-state index is -5.37. The fourth-order valence-electron chi connectivity index (χ4n) is 4.10. The fraction of sp³-hybridized carbons (Fsp3) is 0.259. The zero-order valence-electron chi connectivity index (χ0n) is 22.7. The number of rotatable bonds is 12. The summed E-state index contributed by atoms with van der Waals surface area (Å²) < 4.78 is 102. The topological polar surface area (TPSA) is 207 Å². The summed E-state index contributed by atoms with van der Waals surface area (Å²) in [6.45, 7) is -1.12. The summed E-state index contributed by atoms with van der Waals surface area (Å²) in [6.07, 6.45) is -9.47. The molecule has 17 heteroatoms. The molecule has 4 rings (SSSR count). The number of esters is 2. The molecular weight excluding hydrogens is 628 g/mol. The fourth-order valence-corrected chi connectivity index (χ4v) is 4.92. The summed E-state index contributed by atoms with van der Waals surface area (Å²) in [5.41, 5.74) is 0.0176. The molecular formula is C27H26O15S2. The first kappa shape index (κ1) is 32.8. The van der Waals surface area contributed by atoms with Crippen LogP contribution in [0.25, 0.3) is 0 Å². The lowest BCUT2D eigenvalue weighted by Gasteiger charge is -2.43. The van der Waals surface area contributed by atoms with Crippen LogP contribution < -0.4 is 9.47 Å². The van der Waals surface area contributed by atoms with Crippen LogP contribution in [0.2, 0.25) is 0 Å². The van der Waals surface area contributed by atoms with Gasteiger partial charge in [0.2, 0.25) is 12.4 Å². The van der Waals surface area contributed by atoms with Crippen molar-refractivity contribution < 1.29 is 67.6 Å². The molecule has 0 aliphatic carbocycles. The van der Waals surface area contributed by atoms with Gasteiger partial charge in [0.25, 0.3) is 0 Å². The van der Waals surface area contributed by atoms with Crippen LogP contribution in [-0.4, -0.2) is 82.3 Å². The summed E-state index contributed by atoms with van der Waals surface area (Å²) >= 11 is 0. The molecule has 3 aromatic rings. The van der Waals surface area contributed by atoms with Crippen molar-refractivity contribution in [2.45, 2.75) is 30.7 Å². The van der Waals surface area contributed by atoms with Crippen molar-refractivity contribution >= 4 is 32.7 Å². The van der Waals surface area contributed by atoms with Gasteiger partial charge >= 0.3 is 32.7 Å². The van der Waals surface area contributed by atoms with E-state index in [2.05, 4.69) is 4.18 Å². The lowest BCUT2D eigenvalue weighted by molar-refractivity contribution is -0.270. The highest BCUT2D eigenvalue weighted by molar-refractivity contribution is 7.81. The van der Waals surface area contributed by atoms with Crippen LogP contribution in [0.5, 0.6) is 11.5 Å². The van der Waals surface area contributed by atoms with Crippen molar-refractivity contribution in [2.75, 3.05) is 13.7 Å². The Morgan fingerprint density at radius 3 is 1.68 bits per heavy atom. The van der Waals surface area contributed by atoms with E-state index in [1.54, 1.807) is 24.3 Å². The van der Waals surface area contributed by atoms with Gasteiger partial charge in [-0.15, -0.1) is 0 Å². The third-order valence-electron chi connectivity index (χ3n) is 6.02. The zero-order valence-corrected chi connectivity index (χ0v) is 24.3. The molecule has 0 saturated carbocycles. The molecule has 0 spiro atoms. The number of methoxy groups -OCH3 is 1. The van der Waals surface area contributed by atoms with Crippen molar-refractivity contribution in [3.63, 3.8) is 0 Å². The quantitative estimate of drug-likeness (QED) is 0.212. The van der Waals surface area contributed by atoms with Gasteiger partial charge in [-0.3, -0.25) is 9.11 Å². The van der Waals surface area contributed by atoms with Crippen molar-refractivity contribution in [3.8, 4) is 11.5 Å². The number of ether oxygens (including phenoxy) is 5. The van der Waals surface area contributed by atoms with Gasteiger partial charge in [0.05, 0.1) is 24.8 Å². The zero-order chi connectivity index (χ0) is 31.9. The molecule has 0 bridgehead atoms. The van der Waals surface area contributed by atoms with E-state index in [9.17, 15) is 31.0 Å². The summed E-state index contributed by atoms with van der Waals surface area (Å²) in [5.74, 6) is -1.50. The highest BCUT2D eigenvalue weighted by Gasteiger charge is 2.54. The molecule has 1 fully saturated rings. The number of benzene rings is 3. The molecule has 44 heavy (non-hydrogen) atoms. The third kappa shape index (κ3) is 9.20. The van der Waals surface area contributed by atoms with Crippen LogP contribution >= 0.6 is 0 Å². The molecule has 0 radical (unpaired) electrons. The van der Waals surface area contributed by atoms with Crippen LogP contribution in [0, 0.1) is 0 Å². The maximum absolute atomic E-state index is 13.2. The lowest BCUT2D eigenvalue weighted by Crippen LogP contribution is -2.63. The van der Waals surface area contributed by atoms with E-state index in [4.69, 9.17) is 32.4 Å². The molecule has 0 unspecified atom stereocenters.